The summed E-state index contributed by atoms with van der Waals surface area (Å²) in [6.45, 7) is 3.78. The summed E-state index contributed by atoms with van der Waals surface area (Å²) in [5.74, 6) is -0.857. The van der Waals surface area contributed by atoms with Gasteiger partial charge in [-0.25, -0.2) is 9.18 Å². The van der Waals surface area contributed by atoms with E-state index >= 15 is 4.39 Å². The lowest BCUT2D eigenvalue weighted by molar-refractivity contribution is -0.151. The van der Waals surface area contributed by atoms with Crippen molar-refractivity contribution in [2.24, 2.45) is 0 Å². The molecule has 0 aliphatic heterocycles. The van der Waals surface area contributed by atoms with Gasteiger partial charge in [-0.05, 0) is 51.2 Å². The van der Waals surface area contributed by atoms with Gasteiger partial charge in [-0.2, -0.15) is 0 Å². The van der Waals surface area contributed by atoms with Crippen LogP contribution in [0.4, 0.5) is 10.1 Å². The minimum atomic E-state index is -0.871. The predicted molar refractivity (Wildman–Crippen MR) is 128 cm³/mol. The Labute approximate surface area is 194 Å². The molecule has 180 valence electrons. The zero-order valence-electron chi connectivity index (χ0n) is 19.7. The van der Waals surface area contributed by atoms with Crippen molar-refractivity contribution in [3.63, 3.8) is 0 Å². The second kappa shape index (κ2) is 10.6. The molecule has 1 unspecified atom stereocenters. The molecule has 7 heteroatoms. The molecule has 0 spiro atoms. The van der Waals surface area contributed by atoms with E-state index in [-0.39, 0.29) is 29.8 Å². The maximum absolute atomic E-state index is 15.1. The lowest BCUT2D eigenvalue weighted by Gasteiger charge is -2.25. The third-order valence-electron chi connectivity index (χ3n) is 6.96. The second-order valence-corrected chi connectivity index (χ2v) is 9.26. The zero-order valence-corrected chi connectivity index (χ0v) is 19.7. The number of nitrogens with one attached hydrogen (secondary N) is 1. The first-order valence-electron chi connectivity index (χ1n) is 12.5. The van der Waals surface area contributed by atoms with Crippen LogP contribution in [-0.2, 0) is 9.53 Å². The average molecular weight is 459 g/mol. The van der Waals surface area contributed by atoms with Crippen LogP contribution in [0, 0.1) is 5.82 Å². The van der Waals surface area contributed by atoms with Gasteiger partial charge in [0.2, 0.25) is 5.43 Å². The van der Waals surface area contributed by atoms with Crippen LogP contribution in [-0.4, -0.2) is 29.3 Å². The van der Waals surface area contributed by atoms with E-state index in [0.717, 1.165) is 51.4 Å². The van der Waals surface area contributed by atoms with Crippen molar-refractivity contribution in [2.45, 2.75) is 96.2 Å². The van der Waals surface area contributed by atoms with Crippen LogP contribution in [0.15, 0.2) is 23.1 Å². The fourth-order valence-corrected chi connectivity index (χ4v) is 5.18. The van der Waals surface area contributed by atoms with E-state index in [0.29, 0.717) is 17.6 Å². The number of nitrogens with zero attached hydrogens (tertiary/aromatic N) is 1. The first-order valence-corrected chi connectivity index (χ1v) is 12.5. The summed E-state index contributed by atoms with van der Waals surface area (Å²) >= 11 is 0. The summed E-state index contributed by atoms with van der Waals surface area (Å²) in [6, 6.07) is 3.58. The number of halogens is 1. The second-order valence-electron chi connectivity index (χ2n) is 9.26. The number of esters is 1. The van der Waals surface area contributed by atoms with Crippen molar-refractivity contribution in [1.82, 2.24) is 4.57 Å². The number of aromatic nitrogens is 1. The normalized spacial score (nSPS) is 18.4. The summed E-state index contributed by atoms with van der Waals surface area (Å²) in [5, 5.41) is 3.66. The van der Waals surface area contributed by atoms with Crippen LogP contribution in [0.5, 0.6) is 5.75 Å². The molecule has 33 heavy (non-hydrogen) atoms. The van der Waals surface area contributed by atoms with Gasteiger partial charge in [0.25, 0.3) is 0 Å². The Balaban J connectivity index is 1.76. The van der Waals surface area contributed by atoms with E-state index in [4.69, 9.17) is 9.47 Å². The van der Waals surface area contributed by atoms with Gasteiger partial charge < -0.3 is 19.4 Å². The first kappa shape index (κ1) is 23.6. The molecule has 1 aromatic heterocycles. The lowest BCUT2D eigenvalue weighted by Crippen LogP contribution is -2.31. The molecule has 0 amide bonds. The molecule has 0 bridgehead atoms. The Hall–Kier alpha value is -2.57. The Morgan fingerprint density at radius 3 is 2.48 bits per heavy atom. The minimum absolute atomic E-state index is 0.0710. The fraction of sp³-hybridized carbons (Fsp3) is 0.615. The van der Waals surface area contributed by atoms with Crippen molar-refractivity contribution in [1.29, 1.82) is 0 Å². The third-order valence-corrected chi connectivity index (χ3v) is 6.96. The summed E-state index contributed by atoms with van der Waals surface area (Å²) < 4.78 is 28.1. The topological polar surface area (TPSA) is 69.6 Å². The van der Waals surface area contributed by atoms with Crippen LogP contribution < -0.4 is 15.5 Å². The molecule has 1 heterocycles. The molecule has 1 aromatic carbocycles. The van der Waals surface area contributed by atoms with Gasteiger partial charge in [-0.1, -0.05) is 39.0 Å². The van der Waals surface area contributed by atoms with Crippen LogP contribution in [0.25, 0.3) is 10.9 Å². The smallest absolute Gasteiger partial charge is 0.347 e. The van der Waals surface area contributed by atoms with Crippen molar-refractivity contribution in [3.05, 3.63) is 34.4 Å². The van der Waals surface area contributed by atoms with E-state index in [9.17, 15) is 9.59 Å². The van der Waals surface area contributed by atoms with Crippen LogP contribution in [0.2, 0.25) is 0 Å². The van der Waals surface area contributed by atoms with Gasteiger partial charge in [0.15, 0.2) is 11.9 Å². The highest BCUT2D eigenvalue weighted by atomic mass is 19.1. The van der Waals surface area contributed by atoms with Crippen molar-refractivity contribution < 1.29 is 18.7 Å². The molecule has 1 N–H and O–H groups in total. The Morgan fingerprint density at radius 2 is 1.82 bits per heavy atom. The quantitative estimate of drug-likeness (QED) is 0.512. The number of pyridine rings is 1. The standard InChI is InChI=1S/C26H35FN2O4/c1-3-23(26(31)32-4-2)33-24-16-29(18-12-8-9-13-18)22-15-21(20(27)14-19(22)25(24)30)28-17-10-6-5-7-11-17/h14-18,23,28H,3-13H2,1-2H3. The number of carbonyl (C=O) groups is 1. The summed E-state index contributed by atoms with van der Waals surface area (Å²) in [4.78, 5) is 25.6. The van der Waals surface area contributed by atoms with Crippen molar-refractivity contribution in [3.8, 4) is 5.75 Å². The molecule has 6 nitrogen and oxygen atoms in total. The fourth-order valence-electron chi connectivity index (χ4n) is 5.18. The summed E-state index contributed by atoms with van der Waals surface area (Å²) in [5.41, 5.74) is 0.764. The van der Waals surface area contributed by atoms with E-state index in [1.807, 2.05) is 0 Å². The SMILES string of the molecule is CCOC(=O)C(CC)Oc1cn(C2CCCC2)c2cc(NC3CCCCC3)c(F)cc2c1=O. The van der Waals surface area contributed by atoms with Crippen LogP contribution >= 0.6 is 0 Å². The highest BCUT2D eigenvalue weighted by molar-refractivity contribution is 5.84. The number of hydrogen-bond acceptors (Lipinski definition) is 5. The van der Waals surface area contributed by atoms with E-state index < -0.39 is 23.3 Å². The monoisotopic (exact) mass is 458 g/mol. The highest BCUT2D eigenvalue weighted by Crippen LogP contribution is 2.35. The number of carbonyl (C=O) groups excluding carboxylic acids is 1. The van der Waals surface area contributed by atoms with Crippen LogP contribution in [0.1, 0.15) is 84.1 Å². The van der Waals surface area contributed by atoms with Crippen molar-refractivity contribution >= 4 is 22.6 Å². The molecule has 2 fully saturated rings. The lowest BCUT2D eigenvalue weighted by atomic mass is 9.95. The number of ether oxygens (including phenoxy) is 2. The zero-order chi connectivity index (χ0) is 23.4. The van der Waals surface area contributed by atoms with Gasteiger partial charge in [-0.15, -0.1) is 0 Å². The maximum Gasteiger partial charge on any atom is 0.347 e. The molecule has 2 aromatic rings. The molecule has 2 aliphatic rings. The third kappa shape index (κ3) is 5.17. The first-order chi connectivity index (χ1) is 16.0. The van der Waals surface area contributed by atoms with Gasteiger partial charge in [0, 0.05) is 12.1 Å². The van der Waals surface area contributed by atoms with Gasteiger partial charge in [-0.3, -0.25) is 4.79 Å². The highest BCUT2D eigenvalue weighted by Gasteiger charge is 2.26. The summed E-state index contributed by atoms with van der Waals surface area (Å²) in [7, 11) is 0. The number of fused-ring (bicyclic) bond motifs is 1. The molecule has 2 saturated carbocycles. The molecule has 1 atom stereocenters. The molecule has 2 aliphatic carbocycles. The predicted octanol–water partition coefficient (Wildman–Crippen LogP) is 5.72. The average Bonchev–Trinajstić information content (AvgIpc) is 3.35. The minimum Gasteiger partial charge on any atom is -0.473 e. The van der Waals surface area contributed by atoms with Crippen LogP contribution in [0.3, 0.4) is 0 Å². The molecular formula is C26H35FN2O4. The number of benzene rings is 1. The molecule has 4 rings (SSSR count). The maximum atomic E-state index is 15.1. The van der Waals surface area contributed by atoms with E-state index in [1.54, 1.807) is 26.1 Å². The summed E-state index contributed by atoms with van der Waals surface area (Å²) in [6.07, 6.45) is 11.0. The largest absolute Gasteiger partial charge is 0.473 e. The molecule has 0 saturated heterocycles. The molecule has 0 radical (unpaired) electrons. The van der Waals surface area contributed by atoms with Gasteiger partial charge in [0.05, 0.1) is 29.4 Å². The number of hydrogen-bond donors (Lipinski definition) is 1. The molecular weight excluding hydrogens is 423 g/mol. The number of rotatable bonds is 8. The van der Waals surface area contributed by atoms with Crippen molar-refractivity contribution in [2.75, 3.05) is 11.9 Å². The Morgan fingerprint density at radius 1 is 1.12 bits per heavy atom. The van der Waals surface area contributed by atoms with Gasteiger partial charge in [0.1, 0.15) is 5.82 Å². The van der Waals surface area contributed by atoms with Gasteiger partial charge >= 0.3 is 5.97 Å². The van der Waals surface area contributed by atoms with E-state index in [2.05, 4.69) is 9.88 Å². The Kier molecular flexibility index (Phi) is 7.56. The Bertz CT molecular complexity index is 1040. The van der Waals surface area contributed by atoms with E-state index in [1.165, 1.54) is 12.5 Å². The number of anilines is 1.